The quantitative estimate of drug-likeness (QED) is 0.513. The second-order valence-corrected chi connectivity index (χ2v) is 8.19. The average molecular weight is 482 g/mol. The lowest BCUT2D eigenvalue weighted by molar-refractivity contribution is 0.0766. The monoisotopic (exact) mass is 481 g/mol. The van der Waals surface area contributed by atoms with Crippen LogP contribution in [0.5, 0.6) is 17.4 Å². The highest BCUT2D eigenvalue weighted by molar-refractivity contribution is 9.10. The molecule has 0 N–H and O–H groups in total. The second-order valence-electron chi connectivity index (χ2n) is 7.28. The van der Waals surface area contributed by atoms with Crippen molar-refractivity contribution in [1.82, 2.24) is 9.88 Å². The van der Waals surface area contributed by atoms with E-state index < -0.39 is 0 Å². The van der Waals surface area contributed by atoms with E-state index in [9.17, 15) is 4.79 Å². The predicted molar refractivity (Wildman–Crippen MR) is 124 cm³/mol. The molecule has 1 amide bonds. The molecule has 0 saturated carbocycles. The normalized spacial score (nSPS) is 14.1. The zero-order valence-electron chi connectivity index (χ0n) is 17.3. The lowest BCUT2D eigenvalue weighted by atomic mass is 10.2. The molecule has 1 aliphatic heterocycles. The number of carbonyl (C=O) groups is 1. The number of carbonyl (C=O) groups excluding carboxylic acids is 1. The van der Waals surface area contributed by atoms with Crippen LogP contribution < -0.4 is 14.4 Å². The molecule has 1 saturated heterocycles. The molecule has 2 heterocycles. The zero-order valence-corrected chi connectivity index (χ0v) is 18.9. The molecule has 1 aromatic heterocycles. The molecule has 31 heavy (non-hydrogen) atoms. The van der Waals surface area contributed by atoms with Gasteiger partial charge in [-0.2, -0.15) is 0 Å². The highest BCUT2D eigenvalue weighted by Gasteiger charge is 2.21. The number of hydrogen-bond acceptors (Lipinski definition) is 5. The van der Waals surface area contributed by atoms with Gasteiger partial charge in [0.15, 0.2) is 0 Å². The summed E-state index contributed by atoms with van der Waals surface area (Å²) >= 11 is 3.42. The van der Waals surface area contributed by atoms with Crippen LogP contribution in [-0.4, -0.2) is 49.1 Å². The molecule has 6 nitrogen and oxygen atoms in total. The van der Waals surface area contributed by atoms with Crippen LogP contribution in [0, 0.1) is 0 Å². The summed E-state index contributed by atoms with van der Waals surface area (Å²) in [7, 11) is 1.67. The lowest BCUT2D eigenvalue weighted by Gasteiger charge is -2.24. The van der Waals surface area contributed by atoms with E-state index in [1.165, 1.54) is 0 Å². The van der Waals surface area contributed by atoms with E-state index in [0.717, 1.165) is 42.0 Å². The van der Waals surface area contributed by atoms with Gasteiger partial charge in [-0.05, 0) is 55.0 Å². The number of amides is 1. The second kappa shape index (κ2) is 9.83. The minimum absolute atomic E-state index is 0.00177. The number of rotatable bonds is 5. The van der Waals surface area contributed by atoms with Gasteiger partial charge in [0.25, 0.3) is 5.91 Å². The first-order chi connectivity index (χ1) is 15.1. The molecular weight excluding hydrogens is 458 g/mol. The maximum Gasteiger partial charge on any atom is 0.255 e. The third kappa shape index (κ3) is 5.35. The Labute approximate surface area is 190 Å². The summed E-state index contributed by atoms with van der Waals surface area (Å²) < 4.78 is 11.9. The first-order valence-electron chi connectivity index (χ1n) is 10.2. The van der Waals surface area contributed by atoms with Crippen molar-refractivity contribution in [2.45, 2.75) is 6.42 Å². The number of benzene rings is 2. The van der Waals surface area contributed by atoms with Crippen LogP contribution >= 0.6 is 15.9 Å². The molecule has 0 aliphatic carbocycles. The number of nitrogens with zero attached hydrogens (tertiary/aromatic N) is 3. The third-order valence-corrected chi connectivity index (χ3v) is 5.72. The molecule has 2 aromatic carbocycles. The molecule has 160 valence electrons. The SMILES string of the molecule is COc1ccc(N2CCCN(C(=O)c3ccc(Oc4cccc(Br)c4)nc3)CC2)cc1. The molecular formula is C24H24BrN3O3. The lowest BCUT2D eigenvalue weighted by Crippen LogP contribution is -2.35. The summed E-state index contributed by atoms with van der Waals surface area (Å²) in [5.74, 6) is 1.98. The molecule has 0 atom stereocenters. The van der Waals surface area contributed by atoms with Crippen molar-refractivity contribution in [2.24, 2.45) is 0 Å². The Morgan fingerprint density at radius 1 is 0.968 bits per heavy atom. The maximum atomic E-state index is 13.0. The summed E-state index contributed by atoms with van der Waals surface area (Å²) in [6, 6.07) is 19.1. The van der Waals surface area contributed by atoms with Crippen LogP contribution in [0.4, 0.5) is 5.69 Å². The maximum absolute atomic E-state index is 13.0. The van der Waals surface area contributed by atoms with Gasteiger partial charge in [-0.15, -0.1) is 0 Å². The van der Waals surface area contributed by atoms with Crippen molar-refractivity contribution in [1.29, 1.82) is 0 Å². The highest BCUT2D eigenvalue weighted by atomic mass is 79.9. The van der Waals surface area contributed by atoms with Gasteiger partial charge in [0, 0.05) is 48.6 Å². The van der Waals surface area contributed by atoms with Crippen LogP contribution in [0.25, 0.3) is 0 Å². The molecule has 0 radical (unpaired) electrons. The highest BCUT2D eigenvalue weighted by Crippen LogP contribution is 2.24. The minimum atomic E-state index is -0.00177. The molecule has 1 aliphatic rings. The standard InChI is InChI=1S/C24H24BrN3O3/c1-30-21-9-7-20(8-10-21)27-12-3-13-28(15-14-27)24(29)18-6-11-23(26-17-18)31-22-5-2-4-19(25)16-22/h2,4-11,16-17H,3,12-15H2,1H3. The molecule has 0 unspecified atom stereocenters. The minimum Gasteiger partial charge on any atom is -0.497 e. The van der Waals surface area contributed by atoms with Crippen molar-refractivity contribution in [3.63, 3.8) is 0 Å². The van der Waals surface area contributed by atoms with Gasteiger partial charge in [-0.1, -0.05) is 22.0 Å². The van der Waals surface area contributed by atoms with Crippen LogP contribution in [0.1, 0.15) is 16.8 Å². The molecule has 1 fully saturated rings. The van der Waals surface area contributed by atoms with Crippen LogP contribution in [-0.2, 0) is 0 Å². The van der Waals surface area contributed by atoms with E-state index in [-0.39, 0.29) is 5.91 Å². The molecule has 4 rings (SSSR count). The number of aromatic nitrogens is 1. The van der Waals surface area contributed by atoms with Crippen LogP contribution in [0.2, 0.25) is 0 Å². The fourth-order valence-electron chi connectivity index (χ4n) is 3.57. The summed E-state index contributed by atoms with van der Waals surface area (Å²) in [6.07, 6.45) is 2.50. The topological polar surface area (TPSA) is 54.9 Å². The van der Waals surface area contributed by atoms with E-state index in [1.54, 1.807) is 25.4 Å². The summed E-state index contributed by atoms with van der Waals surface area (Å²) in [4.78, 5) is 21.5. The van der Waals surface area contributed by atoms with E-state index in [0.29, 0.717) is 23.7 Å². The molecule has 0 bridgehead atoms. The van der Waals surface area contributed by atoms with Crippen molar-refractivity contribution in [2.75, 3.05) is 38.2 Å². The third-order valence-electron chi connectivity index (χ3n) is 5.22. The average Bonchev–Trinajstić information content (AvgIpc) is 3.06. The summed E-state index contributed by atoms with van der Waals surface area (Å²) in [6.45, 7) is 3.09. The van der Waals surface area contributed by atoms with E-state index in [4.69, 9.17) is 9.47 Å². The van der Waals surface area contributed by atoms with E-state index in [1.807, 2.05) is 41.3 Å². The Kier molecular flexibility index (Phi) is 6.72. The van der Waals surface area contributed by atoms with Gasteiger partial charge in [-0.25, -0.2) is 4.98 Å². The Hall–Kier alpha value is -3.06. The van der Waals surface area contributed by atoms with Crippen LogP contribution in [0.15, 0.2) is 71.3 Å². The van der Waals surface area contributed by atoms with Crippen molar-refractivity contribution >= 4 is 27.5 Å². The van der Waals surface area contributed by atoms with E-state index in [2.05, 4.69) is 37.9 Å². The summed E-state index contributed by atoms with van der Waals surface area (Å²) in [5, 5.41) is 0. The Morgan fingerprint density at radius 3 is 2.52 bits per heavy atom. The number of pyridine rings is 1. The first kappa shape index (κ1) is 21.2. The fourth-order valence-corrected chi connectivity index (χ4v) is 3.95. The predicted octanol–water partition coefficient (Wildman–Crippen LogP) is 5.00. The van der Waals surface area contributed by atoms with Gasteiger partial charge >= 0.3 is 0 Å². The Balaban J connectivity index is 1.37. The summed E-state index contributed by atoms with van der Waals surface area (Å²) in [5.41, 5.74) is 1.71. The number of ether oxygens (including phenoxy) is 2. The fraction of sp³-hybridized carbons (Fsp3) is 0.250. The van der Waals surface area contributed by atoms with Gasteiger partial charge in [0.05, 0.1) is 12.7 Å². The number of methoxy groups -OCH3 is 1. The number of hydrogen-bond donors (Lipinski definition) is 0. The van der Waals surface area contributed by atoms with Gasteiger partial charge < -0.3 is 19.3 Å². The van der Waals surface area contributed by atoms with Gasteiger partial charge in [0.1, 0.15) is 11.5 Å². The van der Waals surface area contributed by atoms with Crippen molar-refractivity contribution in [3.05, 3.63) is 76.9 Å². The number of halogens is 1. The number of anilines is 1. The van der Waals surface area contributed by atoms with Crippen molar-refractivity contribution < 1.29 is 14.3 Å². The van der Waals surface area contributed by atoms with Crippen LogP contribution in [0.3, 0.4) is 0 Å². The van der Waals surface area contributed by atoms with Crippen molar-refractivity contribution in [3.8, 4) is 17.4 Å². The zero-order chi connectivity index (χ0) is 21.6. The Morgan fingerprint density at radius 2 is 1.81 bits per heavy atom. The Bertz CT molecular complexity index is 1020. The van der Waals surface area contributed by atoms with E-state index >= 15 is 0 Å². The van der Waals surface area contributed by atoms with Gasteiger partial charge in [-0.3, -0.25) is 4.79 Å². The molecule has 3 aromatic rings. The van der Waals surface area contributed by atoms with Gasteiger partial charge in [0.2, 0.25) is 5.88 Å². The molecule has 0 spiro atoms. The smallest absolute Gasteiger partial charge is 0.255 e. The first-order valence-corrected chi connectivity index (χ1v) is 11.0. The largest absolute Gasteiger partial charge is 0.497 e. The molecule has 7 heteroatoms.